The van der Waals surface area contributed by atoms with E-state index in [1.54, 1.807) is 51.5 Å². The molecule has 29 heavy (non-hydrogen) atoms. The molecule has 0 fully saturated rings. The van der Waals surface area contributed by atoms with E-state index in [9.17, 15) is 9.59 Å². The Balaban J connectivity index is 1.81. The average molecular weight is 412 g/mol. The maximum Gasteiger partial charge on any atom is 0.337 e. The molecule has 7 nitrogen and oxygen atoms in total. The van der Waals surface area contributed by atoms with E-state index < -0.39 is 5.97 Å². The number of aromatic nitrogens is 1. The van der Waals surface area contributed by atoms with Crippen LogP contribution in [-0.4, -0.2) is 38.2 Å². The van der Waals surface area contributed by atoms with Crippen molar-refractivity contribution in [3.8, 4) is 22.1 Å². The first-order valence-electron chi connectivity index (χ1n) is 8.66. The van der Waals surface area contributed by atoms with Crippen LogP contribution in [0.15, 0.2) is 42.5 Å². The summed E-state index contributed by atoms with van der Waals surface area (Å²) >= 11 is 1.29. The number of esters is 1. The van der Waals surface area contributed by atoms with Gasteiger partial charge in [-0.05, 0) is 49.4 Å². The smallest absolute Gasteiger partial charge is 0.337 e. The number of nitrogens with one attached hydrogen (secondary N) is 1. The summed E-state index contributed by atoms with van der Waals surface area (Å²) in [6.07, 6.45) is 0. The molecule has 8 heteroatoms. The van der Waals surface area contributed by atoms with Crippen molar-refractivity contribution >= 4 is 28.9 Å². The number of amides is 1. The molecule has 0 unspecified atom stereocenters. The summed E-state index contributed by atoms with van der Waals surface area (Å²) in [5, 5.41) is 3.53. The number of aryl methyl sites for hydroxylation is 1. The fourth-order valence-electron chi connectivity index (χ4n) is 2.70. The highest BCUT2D eigenvalue weighted by molar-refractivity contribution is 7.17. The van der Waals surface area contributed by atoms with E-state index in [0.29, 0.717) is 38.3 Å². The summed E-state index contributed by atoms with van der Waals surface area (Å²) in [5.41, 5.74) is 2.44. The summed E-state index contributed by atoms with van der Waals surface area (Å²) in [7, 11) is 4.46. The van der Waals surface area contributed by atoms with Crippen LogP contribution in [0.25, 0.3) is 10.6 Å². The Bertz CT molecular complexity index is 1040. The van der Waals surface area contributed by atoms with Gasteiger partial charge < -0.3 is 19.5 Å². The third-order valence-electron chi connectivity index (χ3n) is 4.20. The molecule has 0 radical (unpaired) electrons. The molecule has 0 atom stereocenters. The molecular weight excluding hydrogens is 392 g/mol. The largest absolute Gasteiger partial charge is 0.493 e. The van der Waals surface area contributed by atoms with Crippen LogP contribution in [0.3, 0.4) is 0 Å². The summed E-state index contributed by atoms with van der Waals surface area (Å²) in [6.45, 7) is 1.79. The predicted molar refractivity (Wildman–Crippen MR) is 111 cm³/mol. The topological polar surface area (TPSA) is 86.8 Å². The molecule has 1 heterocycles. The molecule has 0 aliphatic heterocycles. The lowest BCUT2D eigenvalue weighted by atomic mass is 10.2. The fourth-order valence-corrected chi connectivity index (χ4v) is 3.65. The molecule has 3 aromatic rings. The summed E-state index contributed by atoms with van der Waals surface area (Å²) in [5.74, 6) is 0.519. The lowest BCUT2D eigenvalue weighted by Gasteiger charge is -2.08. The second kappa shape index (κ2) is 8.74. The van der Waals surface area contributed by atoms with Gasteiger partial charge in [-0.3, -0.25) is 4.79 Å². The number of ether oxygens (including phenoxy) is 3. The molecule has 0 aliphatic carbocycles. The van der Waals surface area contributed by atoms with Crippen molar-refractivity contribution in [2.24, 2.45) is 0 Å². The van der Waals surface area contributed by atoms with Gasteiger partial charge in [0.15, 0.2) is 11.5 Å². The number of nitrogens with zero attached hydrogens (tertiary/aromatic N) is 1. The number of methoxy groups -OCH3 is 3. The van der Waals surface area contributed by atoms with Crippen molar-refractivity contribution < 1.29 is 23.8 Å². The number of benzene rings is 2. The summed E-state index contributed by atoms with van der Waals surface area (Å²) in [6, 6.07) is 12.0. The van der Waals surface area contributed by atoms with Crippen LogP contribution in [-0.2, 0) is 4.74 Å². The van der Waals surface area contributed by atoms with Crippen LogP contribution in [0.1, 0.15) is 25.7 Å². The van der Waals surface area contributed by atoms with Crippen molar-refractivity contribution in [3.63, 3.8) is 0 Å². The summed E-state index contributed by atoms with van der Waals surface area (Å²) in [4.78, 5) is 29.2. The lowest BCUT2D eigenvalue weighted by Crippen LogP contribution is -2.11. The van der Waals surface area contributed by atoms with Crippen molar-refractivity contribution in [3.05, 3.63) is 58.6 Å². The quantitative estimate of drug-likeness (QED) is 0.612. The normalized spacial score (nSPS) is 10.3. The van der Waals surface area contributed by atoms with Crippen molar-refractivity contribution in [1.29, 1.82) is 0 Å². The Labute approximate surface area is 172 Å². The van der Waals surface area contributed by atoms with Gasteiger partial charge >= 0.3 is 5.97 Å². The van der Waals surface area contributed by atoms with Crippen LogP contribution >= 0.6 is 11.3 Å². The Hall–Kier alpha value is -3.39. The van der Waals surface area contributed by atoms with Crippen molar-refractivity contribution in [2.75, 3.05) is 26.6 Å². The number of rotatable bonds is 6. The lowest BCUT2D eigenvalue weighted by molar-refractivity contribution is 0.0600. The van der Waals surface area contributed by atoms with Gasteiger partial charge in [-0.15, -0.1) is 11.3 Å². The predicted octanol–water partition coefficient (Wildman–Crippen LogP) is 4.17. The van der Waals surface area contributed by atoms with Gasteiger partial charge in [0, 0.05) is 11.3 Å². The van der Waals surface area contributed by atoms with Gasteiger partial charge in [-0.1, -0.05) is 0 Å². The SMILES string of the molecule is COC(=O)c1ccc(NC(=O)c2sc(-c3ccc(OC)c(OC)c3)nc2C)cc1. The van der Waals surface area contributed by atoms with Crippen molar-refractivity contribution in [1.82, 2.24) is 4.98 Å². The molecule has 0 spiro atoms. The van der Waals surface area contributed by atoms with Gasteiger partial charge in [-0.2, -0.15) is 0 Å². The minimum Gasteiger partial charge on any atom is -0.493 e. The van der Waals surface area contributed by atoms with Gasteiger partial charge in [0.1, 0.15) is 9.88 Å². The fraction of sp³-hybridized carbons (Fsp3) is 0.190. The number of hydrogen-bond acceptors (Lipinski definition) is 7. The molecule has 0 aliphatic rings. The third kappa shape index (κ3) is 4.38. The molecule has 2 aromatic carbocycles. The minimum absolute atomic E-state index is 0.266. The highest BCUT2D eigenvalue weighted by Crippen LogP contribution is 2.35. The Morgan fingerprint density at radius 2 is 1.66 bits per heavy atom. The molecule has 0 saturated heterocycles. The zero-order valence-corrected chi connectivity index (χ0v) is 17.3. The highest BCUT2D eigenvalue weighted by atomic mass is 32.1. The highest BCUT2D eigenvalue weighted by Gasteiger charge is 2.18. The van der Waals surface area contributed by atoms with E-state index in [-0.39, 0.29) is 5.91 Å². The third-order valence-corrected chi connectivity index (χ3v) is 5.40. The van der Waals surface area contributed by atoms with Crippen LogP contribution in [0, 0.1) is 6.92 Å². The molecule has 3 rings (SSSR count). The second-order valence-electron chi connectivity index (χ2n) is 6.03. The molecule has 1 N–H and O–H groups in total. The van der Waals surface area contributed by atoms with Crippen LogP contribution in [0.2, 0.25) is 0 Å². The standard InChI is InChI=1S/C21H20N2O5S/c1-12-18(19(24)23-15-8-5-13(6-9-15)21(25)28-4)29-20(22-12)14-7-10-16(26-2)17(11-14)27-3/h5-11H,1-4H3,(H,23,24). The first kappa shape index (κ1) is 20.3. The van der Waals surface area contributed by atoms with Gasteiger partial charge in [-0.25, -0.2) is 9.78 Å². The Morgan fingerprint density at radius 1 is 0.966 bits per heavy atom. The number of hydrogen-bond donors (Lipinski definition) is 1. The van der Waals surface area contributed by atoms with E-state index in [1.807, 2.05) is 12.1 Å². The van der Waals surface area contributed by atoms with E-state index in [4.69, 9.17) is 9.47 Å². The number of carbonyl (C=O) groups excluding carboxylic acids is 2. The van der Waals surface area contributed by atoms with Gasteiger partial charge in [0.25, 0.3) is 5.91 Å². The minimum atomic E-state index is -0.430. The monoisotopic (exact) mass is 412 g/mol. The van der Waals surface area contributed by atoms with Crippen molar-refractivity contribution in [2.45, 2.75) is 6.92 Å². The first-order valence-corrected chi connectivity index (χ1v) is 9.48. The van der Waals surface area contributed by atoms with E-state index in [0.717, 1.165) is 5.56 Å². The Morgan fingerprint density at radius 3 is 2.28 bits per heavy atom. The molecule has 1 aromatic heterocycles. The Kier molecular flexibility index (Phi) is 6.13. The zero-order chi connectivity index (χ0) is 21.0. The van der Waals surface area contributed by atoms with Crippen LogP contribution in [0.5, 0.6) is 11.5 Å². The van der Waals surface area contributed by atoms with Gasteiger partial charge in [0.05, 0.1) is 32.6 Å². The molecule has 0 bridgehead atoms. The van der Waals surface area contributed by atoms with Crippen LogP contribution < -0.4 is 14.8 Å². The van der Waals surface area contributed by atoms with Gasteiger partial charge in [0.2, 0.25) is 0 Å². The van der Waals surface area contributed by atoms with E-state index in [2.05, 4.69) is 15.0 Å². The van der Waals surface area contributed by atoms with E-state index >= 15 is 0 Å². The van der Waals surface area contributed by atoms with Crippen LogP contribution in [0.4, 0.5) is 5.69 Å². The summed E-state index contributed by atoms with van der Waals surface area (Å²) < 4.78 is 15.3. The molecular formula is C21H20N2O5S. The molecule has 1 amide bonds. The average Bonchev–Trinajstić information content (AvgIpc) is 3.14. The zero-order valence-electron chi connectivity index (χ0n) is 16.4. The first-order chi connectivity index (χ1) is 14.0. The maximum atomic E-state index is 12.7. The number of thiazole rings is 1. The maximum absolute atomic E-state index is 12.7. The number of carbonyl (C=O) groups is 2. The molecule has 0 saturated carbocycles. The molecule has 150 valence electrons. The number of anilines is 1. The van der Waals surface area contributed by atoms with E-state index in [1.165, 1.54) is 18.4 Å². The second-order valence-corrected chi connectivity index (χ2v) is 7.03.